The summed E-state index contributed by atoms with van der Waals surface area (Å²) in [6.07, 6.45) is 0. The van der Waals surface area contributed by atoms with E-state index in [1.807, 2.05) is 12.1 Å². The van der Waals surface area contributed by atoms with Crippen LogP contribution in [-0.2, 0) is 0 Å². The summed E-state index contributed by atoms with van der Waals surface area (Å²) >= 11 is 0. The predicted octanol–water partition coefficient (Wildman–Crippen LogP) is 1.85. The van der Waals surface area contributed by atoms with Crippen LogP contribution in [0.5, 0.6) is 0 Å². The molecule has 1 aromatic carbocycles. The molecule has 2 atom stereocenters. The topological polar surface area (TPSA) is 32.5 Å². The van der Waals surface area contributed by atoms with E-state index < -0.39 is 0 Å². The average Bonchev–Trinajstić information content (AvgIpc) is 2.42. The zero-order valence-electron chi connectivity index (χ0n) is 11.8. The zero-order chi connectivity index (χ0) is 13.8. The molecule has 2 unspecified atom stereocenters. The lowest BCUT2D eigenvalue weighted by atomic mass is 10.0. The van der Waals surface area contributed by atoms with E-state index in [9.17, 15) is 4.39 Å². The van der Waals surface area contributed by atoms with Crippen LogP contribution in [0.1, 0.15) is 25.5 Å². The minimum Gasteiger partial charge on any atom is -0.329 e. The van der Waals surface area contributed by atoms with Crippen molar-refractivity contribution in [2.45, 2.75) is 25.9 Å². The van der Waals surface area contributed by atoms with E-state index >= 15 is 0 Å². The normalized spacial score (nSPS) is 23.5. The van der Waals surface area contributed by atoms with Gasteiger partial charge in [0.15, 0.2) is 0 Å². The first-order valence-electron chi connectivity index (χ1n) is 7.09. The van der Waals surface area contributed by atoms with Crippen molar-refractivity contribution in [3.05, 3.63) is 35.6 Å². The van der Waals surface area contributed by atoms with Crippen molar-refractivity contribution in [3.8, 4) is 0 Å². The molecule has 2 rings (SSSR count). The van der Waals surface area contributed by atoms with Crippen molar-refractivity contribution in [1.29, 1.82) is 0 Å². The quantitative estimate of drug-likeness (QED) is 0.902. The highest BCUT2D eigenvalue weighted by Crippen LogP contribution is 2.23. The summed E-state index contributed by atoms with van der Waals surface area (Å²) in [6, 6.07) is 7.48. The number of benzene rings is 1. The van der Waals surface area contributed by atoms with Crippen LogP contribution in [-0.4, -0.2) is 48.6 Å². The Bertz CT molecular complexity index is 393. The summed E-state index contributed by atoms with van der Waals surface area (Å²) in [5.41, 5.74) is 7.05. The van der Waals surface area contributed by atoms with Gasteiger partial charge in [-0.3, -0.25) is 9.80 Å². The lowest BCUT2D eigenvalue weighted by Crippen LogP contribution is -2.53. The van der Waals surface area contributed by atoms with Gasteiger partial charge in [-0.1, -0.05) is 19.1 Å². The second-order valence-electron chi connectivity index (χ2n) is 5.28. The van der Waals surface area contributed by atoms with Crippen LogP contribution in [0.4, 0.5) is 4.39 Å². The number of likely N-dealkylation sites (N-methyl/N-ethyl adjacent to an activating group) is 1. The van der Waals surface area contributed by atoms with E-state index in [1.165, 1.54) is 12.1 Å². The molecule has 19 heavy (non-hydrogen) atoms. The van der Waals surface area contributed by atoms with Crippen molar-refractivity contribution < 1.29 is 4.39 Å². The van der Waals surface area contributed by atoms with Crippen LogP contribution in [0.3, 0.4) is 0 Å². The average molecular weight is 265 g/mol. The fraction of sp³-hybridized carbons (Fsp3) is 0.600. The lowest BCUT2D eigenvalue weighted by molar-refractivity contribution is 0.0606. The number of hydrogen-bond donors (Lipinski definition) is 1. The molecular weight excluding hydrogens is 241 g/mol. The molecule has 1 fully saturated rings. The van der Waals surface area contributed by atoms with Crippen LogP contribution in [0, 0.1) is 5.82 Å². The number of hydrogen-bond acceptors (Lipinski definition) is 3. The smallest absolute Gasteiger partial charge is 0.123 e. The summed E-state index contributed by atoms with van der Waals surface area (Å²) in [4.78, 5) is 4.90. The van der Waals surface area contributed by atoms with Gasteiger partial charge in [-0.25, -0.2) is 4.39 Å². The molecule has 0 spiro atoms. The highest BCUT2D eigenvalue weighted by atomic mass is 19.1. The Hall–Kier alpha value is -0.970. The Morgan fingerprint density at radius 2 is 2.00 bits per heavy atom. The van der Waals surface area contributed by atoms with Crippen molar-refractivity contribution >= 4 is 0 Å². The third-order valence-electron chi connectivity index (χ3n) is 4.12. The molecule has 0 amide bonds. The van der Waals surface area contributed by atoms with Gasteiger partial charge in [0.1, 0.15) is 5.82 Å². The van der Waals surface area contributed by atoms with Crippen LogP contribution >= 0.6 is 0 Å². The van der Waals surface area contributed by atoms with E-state index in [0.29, 0.717) is 12.6 Å². The molecule has 1 aliphatic heterocycles. The highest BCUT2D eigenvalue weighted by molar-refractivity contribution is 5.20. The summed E-state index contributed by atoms with van der Waals surface area (Å²) in [5, 5.41) is 0. The second kappa shape index (κ2) is 6.46. The summed E-state index contributed by atoms with van der Waals surface area (Å²) in [7, 11) is 0. The molecule has 1 saturated heterocycles. The van der Waals surface area contributed by atoms with Gasteiger partial charge in [0.25, 0.3) is 0 Å². The first kappa shape index (κ1) is 14.4. The second-order valence-corrected chi connectivity index (χ2v) is 5.28. The van der Waals surface area contributed by atoms with Gasteiger partial charge >= 0.3 is 0 Å². The lowest BCUT2D eigenvalue weighted by Gasteiger charge is -2.42. The molecule has 0 aliphatic carbocycles. The van der Waals surface area contributed by atoms with Crippen molar-refractivity contribution in [2.75, 3.05) is 32.7 Å². The molecule has 106 valence electrons. The fourth-order valence-corrected chi connectivity index (χ4v) is 2.96. The Kier molecular flexibility index (Phi) is 4.91. The molecular formula is C15H24FN3. The number of nitrogens with two attached hydrogens (primary N) is 1. The minimum atomic E-state index is -0.191. The largest absolute Gasteiger partial charge is 0.329 e. The molecule has 0 aromatic heterocycles. The van der Waals surface area contributed by atoms with Gasteiger partial charge in [0.2, 0.25) is 0 Å². The molecule has 0 bridgehead atoms. The third kappa shape index (κ3) is 3.32. The molecule has 1 heterocycles. The first-order valence-corrected chi connectivity index (χ1v) is 7.09. The molecule has 2 N–H and O–H groups in total. The highest BCUT2D eigenvalue weighted by Gasteiger charge is 2.27. The Morgan fingerprint density at radius 1 is 1.32 bits per heavy atom. The van der Waals surface area contributed by atoms with Gasteiger partial charge in [0.05, 0.1) is 0 Å². The first-order chi connectivity index (χ1) is 9.15. The van der Waals surface area contributed by atoms with Gasteiger partial charge in [-0.15, -0.1) is 0 Å². The molecule has 4 heteroatoms. The molecule has 0 radical (unpaired) electrons. The minimum absolute atomic E-state index is 0.191. The maximum Gasteiger partial charge on any atom is 0.123 e. The summed E-state index contributed by atoms with van der Waals surface area (Å²) in [5.74, 6) is -0.191. The third-order valence-corrected chi connectivity index (χ3v) is 4.12. The van der Waals surface area contributed by atoms with Crippen molar-refractivity contribution in [3.63, 3.8) is 0 Å². The van der Waals surface area contributed by atoms with E-state index in [1.54, 1.807) is 0 Å². The van der Waals surface area contributed by atoms with Crippen molar-refractivity contribution in [2.24, 2.45) is 5.73 Å². The van der Waals surface area contributed by atoms with E-state index in [-0.39, 0.29) is 11.9 Å². The van der Waals surface area contributed by atoms with Gasteiger partial charge in [-0.05, 0) is 31.2 Å². The van der Waals surface area contributed by atoms with E-state index in [0.717, 1.165) is 31.7 Å². The number of nitrogens with zero attached hydrogens (tertiary/aromatic N) is 2. The molecule has 1 aromatic rings. The van der Waals surface area contributed by atoms with E-state index in [2.05, 4.69) is 23.6 Å². The maximum atomic E-state index is 13.0. The standard InChI is InChI=1S/C15H24FN3/c1-3-18-8-9-19(11-12(18)2)15(10-17)13-4-6-14(16)7-5-13/h4-7,12,15H,3,8-11,17H2,1-2H3. The molecule has 3 nitrogen and oxygen atoms in total. The zero-order valence-corrected chi connectivity index (χ0v) is 11.8. The van der Waals surface area contributed by atoms with Gasteiger partial charge < -0.3 is 5.73 Å². The van der Waals surface area contributed by atoms with Crippen LogP contribution in [0.15, 0.2) is 24.3 Å². The SMILES string of the molecule is CCN1CCN(C(CN)c2ccc(F)cc2)CC1C. The summed E-state index contributed by atoms with van der Waals surface area (Å²) < 4.78 is 13.0. The molecule has 1 aliphatic rings. The van der Waals surface area contributed by atoms with Crippen LogP contribution in [0.2, 0.25) is 0 Å². The van der Waals surface area contributed by atoms with E-state index in [4.69, 9.17) is 5.73 Å². The predicted molar refractivity (Wildman–Crippen MR) is 76.5 cm³/mol. The Balaban J connectivity index is 2.08. The van der Waals surface area contributed by atoms with Crippen LogP contribution < -0.4 is 5.73 Å². The van der Waals surface area contributed by atoms with Gasteiger partial charge in [0, 0.05) is 38.3 Å². The monoisotopic (exact) mass is 265 g/mol. The Morgan fingerprint density at radius 3 is 2.53 bits per heavy atom. The Labute approximate surface area is 115 Å². The number of piperazine rings is 1. The number of halogens is 1. The van der Waals surface area contributed by atoms with Crippen LogP contribution in [0.25, 0.3) is 0 Å². The fourth-order valence-electron chi connectivity index (χ4n) is 2.96. The molecule has 0 saturated carbocycles. The maximum absolute atomic E-state index is 13.0. The van der Waals surface area contributed by atoms with Crippen molar-refractivity contribution in [1.82, 2.24) is 9.80 Å². The summed E-state index contributed by atoms with van der Waals surface area (Å²) in [6.45, 7) is 9.25. The number of rotatable bonds is 4. The van der Waals surface area contributed by atoms with Gasteiger partial charge in [-0.2, -0.15) is 0 Å².